The van der Waals surface area contributed by atoms with Crippen LogP contribution in [-0.2, 0) is 9.53 Å². The summed E-state index contributed by atoms with van der Waals surface area (Å²) >= 11 is 9.50. The second-order valence-corrected chi connectivity index (χ2v) is 5.65. The highest BCUT2D eigenvalue weighted by Gasteiger charge is 2.24. The molecule has 0 saturated heterocycles. The van der Waals surface area contributed by atoms with Gasteiger partial charge < -0.3 is 10.1 Å². The number of rotatable bonds is 5. The number of carbonyl (C=O) groups is 1. The molecule has 2 aromatic carbocycles. The van der Waals surface area contributed by atoms with Gasteiger partial charge in [-0.05, 0) is 37.3 Å². The molecule has 0 aliphatic heterocycles. The topological polar surface area (TPSA) is 38.3 Å². The lowest BCUT2D eigenvalue weighted by Crippen LogP contribution is -2.23. The molecular weight excluding hydrogens is 354 g/mol. The Morgan fingerprint density at radius 3 is 2.67 bits per heavy atom. The SMILES string of the molecule is CCOC(=O)C(Nc1ccccc1)c1cc(Cl)ccc1Br. The second kappa shape index (κ2) is 7.48. The van der Waals surface area contributed by atoms with Crippen LogP contribution >= 0.6 is 27.5 Å². The molecule has 2 rings (SSSR count). The molecule has 5 heteroatoms. The third-order valence-electron chi connectivity index (χ3n) is 2.88. The van der Waals surface area contributed by atoms with E-state index in [1.165, 1.54) is 0 Å². The number of halogens is 2. The average molecular weight is 369 g/mol. The van der Waals surface area contributed by atoms with Gasteiger partial charge in [-0.1, -0.05) is 45.7 Å². The molecule has 110 valence electrons. The molecule has 3 nitrogen and oxygen atoms in total. The number of nitrogens with one attached hydrogen (secondary N) is 1. The molecule has 0 spiro atoms. The van der Waals surface area contributed by atoms with Gasteiger partial charge in [0.2, 0.25) is 0 Å². The maximum absolute atomic E-state index is 12.3. The molecule has 0 aromatic heterocycles. The number of anilines is 1. The predicted molar refractivity (Wildman–Crippen MR) is 88.6 cm³/mol. The van der Waals surface area contributed by atoms with Crippen LogP contribution in [0.15, 0.2) is 53.0 Å². The Labute approximate surface area is 137 Å². The lowest BCUT2D eigenvalue weighted by atomic mass is 10.1. The first-order chi connectivity index (χ1) is 10.1. The first-order valence-electron chi connectivity index (χ1n) is 6.55. The standard InChI is InChI=1S/C16H15BrClNO2/c1-2-21-16(20)15(19-12-6-4-3-5-7-12)13-10-11(18)8-9-14(13)17/h3-10,15,19H,2H2,1H3. The second-order valence-electron chi connectivity index (χ2n) is 4.36. The minimum Gasteiger partial charge on any atom is -0.464 e. The number of benzene rings is 2. The van der Waals surface area contributed by atoms with Crippen LogP contribution in [0.1, 0.15) is 18.5 Å². The average Bonchev–Trinajstić information content (AvgIpc) is 2.49. The van der Waals surface area contributed by atoms with Gasteiger partial charge in [-0.25, -0.2) is 4.79 Å². The first-order valence-corrected chi connectivity index (χ1v) is 7.72. The van der Waals surface area contributed by atoms with Crippen LogP contribution < -0.4 is 5.32 Å². The Kier molecular flexibility index (Phi) is 5.65. The quantitative estimate of drug-likeness (QED) is 0.769. The summed E-state index contributed by atoms with van der Waals surface area (Å²) in [6.07, 6.45) is 0. The zero-order valence-electron chi connectivity index (χ0n) is 11.5. The smallest absolute Gasteiger partial charge is 0.333 e. The van der Waals surface area contributed by atoms with Gasteiger partial charge in [0.1, 0.15) is 0 Å². The summed E-state index contributed by atoms with van der Waals surface area (Å²) in [5.41, 5.74) is 1.58. The van der Waals surface area contributed by atoms with Gasteiger partial charge in [0.05, 0.1) is 6.61 Å². The predicted octanol–water partition coefficient (Wildman–Crippen LogP) is 4.82. The number of hydrogen-bond acceptors (Lipinski definition) is 3. The van der Waals surface area contributed by atoms with Gasteiger partial charge in [-0.3, -0.25) is 0 Å². The van der Waals surface area contributed by atoms with Crippen molar-refractivity contribution < 1.29 is 9.53 Å². The van der Waals surface area contributed by atoms with Crippen LogP contribution in [-0.4, -0.2) is 12.6 Å². The summed E-state index contributed by atoms with van der Waals surface area (Å²) in [4.78, 5) is 12.3. The zero-order chi connectivity index (χ0) is 15.2. The van der Waals surface area contributed by atoms with Gasteiger partial charge in [0.25, 0.3) is 0 Å². The lowest BCUT2D eigenvalue weighted by molar-refractivity contribution is -0.144. The maximum Gasteiger partial charge on any atom is 0.333 e. The molecule has 0 aliphatic carbocycles. The van der Waals surface area contributed by atoms with Gasteiger partial charge >= 0.3 is 5.97 Å². The minimum absolute atomic E-state index is 0.323. The van der Waals surface area contributed by atoms with Crippen molar-refractivity contribution in [1.29, 1.82) is 0 Å². The third kappa shape index (κ3) is 4.22. The highest BCUT2D eigenvalue weighted by molar-refractivity contribution is 9.10. The van der Waals surface area contributed by atoms with Crippen LogP contribution in [0.25, 0.3) is 0 Å². The highest BCUT2D eigenvalue weighted by atomic mass is 79.9. The monoisotopic (exact) mass is 367 g/mol. The summed E-state index contributed by atoms with van der Waals surface area (Å²) in [5.74, 6) is -0.343. The van der Waals surface area contributed by atoms with Gasteiger partial charge in [0, 0.05) is 20.7 Å². The van der Waals surface area contributed by atoms with E-state index in [0.29, 0.717) is 11.6 Å². The molecule has 0 aliphatic rings. The largest absolute Gasteiger partial charge is 0.464 e. The molecule has 1 unspecified atom stereocenters. The zero-order valence-corrected chi connectivity index (χ0v) is 13.8. The Morgan fingerprint density at radius 1 is 1.29 bits per heavy atom. The van der Waals surface area contributed by atoms with Gasteiger partial charge in [-0.2, -0.15) is 0 Å². The molecule has 0 amide bonds. The molecule has 21 heavy (non-hydrogen) atoms. The van der Waals surface area contributed by atoms with Crippen LogP contribution in [0.4, 0.5) is 5.69 Å². The molecule has 1 atom stereocenters. The Balaban J connectivity index is 2.36. The molecule has 0 bridgehead atoms. The summed E-state index contributed by atoms with van der Waals surface area (Å²) in [6, 6.07) is 14.2. The lowest BCUT2D eigenvalue weighted by Gasteiger charge is -2.20. The summed E-state index contributed by atoms with van der Waals surface area (Å²) in [6.45, 7) is 2.11. The Bertz CT molecular complexity index is 619. The fourth-order valence-electron chi connectivity index (χ4n) is 1.93. The molecule has 0 heterocycles. The van der Waals surface area contributed by atoms with Crippen LogP contribution in [0.3, 0.4) is 0 Å². The fourth-order valence-corrected chi connectivity index (χ4v) is 2.58. The normalized spacial score (nSPS) is 11.8. The van der Waals surface area contributed by atoms with E-state index in [9.17, 15) is 4.79 Å². The van der Waals surface area contributed by atoms with E-state index in [1.54, 1.807) is 19.1 Å². The fraction of sp³-hybridized carbons (Fsp3) is 0.188. The van der Waals surface area contributed by atoms with Crippen molar-refractivity contribution in [3.63, 3.8) is 0 Å². The first kappa shape index (κ1) is 15.9. The van der Waals surface area contributed by atoms with Crippen molar-refractivity contribution in [3.05, 3.63) is 63.6 Å². The number of para-hydroxylation sites is 1. The van der Waals surface area contributed by atoms with E-state index in [2.05, 4.69) is 21.2 Å². The van der Waals surface area contributed by atoms with E-state index in [-0.39, 0.29) is 5.97 Å². The van der Waals surface area contributed by atoms with E-state index in [4.69, 9.17) is 16.3 Å². The highest BCUT2D eigenvalue weighted by Crippen LogP contribution is 2.30. The van der Waals surface area contributed by atoms with E-state index >= 15 is 0 Å². The van der Waals surface area contributed by atoms with Crippen molar-refractivity contribution in [2.75, 3.05) is 11.9 Å². The maximum atomic E-state index is 12.3. The van der Waals surface area contributed by atoms with Crippen molar-refractivity contribution in [2.45, 2.75) is 13.0 Å². The Morgan fingerprint density at radius 2 is 2.00 bits per heavy atom. The summed E-state index contributed by atoms with van der Waals surface area (Å²) < 4.78 is 5.96. The molecular formula is C16H15BrClNO2. The minimum atomic E-state index is -0.625. The van der Waals surface area contributed by atoms with Gasteiger partial charge in [-0.15, -0.1) is 0 Å². The van der Waals surface area contributed by atoms with Crippen molar-refractivity contribution in [3.8, 4) is 0 Å². The number of hydrogen-bond donors (Lipinski definition) is 1. The van der Waals surface area contributed by atoms with Crippen molar-refractivity contribution >= 4 is 39.2 Å². The summed E-state index contributed by atoms with van der Waals surface area (Å²) in [5, 5.41) is 3.75. The van der Waals surface area contributed by atoms with Crippen LogP contribution in [0.5, 0.6) is 0 Å². The number of ether oxygens (including phenoxy) is 1. The Hall–Kier alpha value is -1.52. The van der Waals surface area contributed by atoms with Crippen molar-refractivity contribution in [2.24, 2.45) is 0 Å². The third-order valence-corrected chi connectivity index (χ3v) is 3.83. The summed E-state index contributed by atoms with van der Waals surface area (Å²) in [7, 11) is 0. The van der Waals surface area contributed by atoms with Crippen LogP contribution in [0.2, 0.25) is 5.02 Å². The van der Waals surface area contributed by atoms with E-state index in [1.807, 2.05) is 36.4 Å². The van der Waals surface area contributed by atoms with Gasteiger partial charge in [0.15, 0.2) is 6.04 Å². The number of carbonyl (C=O) groups excluding carboxylic acids is 1. The van der Waals surface area contributed by atoms with E-state index in [0.717, 1.165) is 15.7 Å². The molecule has 2 aromatic rings. The molecule has 0 radical (unpaired) electrons. The number of esters is 1. The molecule has 0 fully saturated rings. The van der Waals surface area contributed by atoms with E-state index < -0.39 is 6.04 Å². The molecule has 1 N–H and O–H groups in total. The van der Waals surface area contributed by atoms with Crippen LogP contribution in [0, 0.1) is 0 Å². The molecule has 0 saturated carbocycles. The van der Waals surface area contributed by atoms with Crippen molar-refractivity contribution in [1.82, 2.24) is 0 Å².